The molecule has 5 nitrogen and oxygen atoms in total. The van der Waals surface area contributed by atoms with Gasteiger partial charge >= 0.3 is 6.03 Å². The van der Waals surface area contributed by atoms with Crippen molar-refractivity contribution in [2.75, 3.05) is 39.8 Å². The number of urea groups is 1. The molecule has 0 bridgehead atoms. The average molecular weight is 265 g/mol. The SMILES string of the molecule is CN1CCCC2(CCN(C(=O)N3CCCC3)C2)C1=O. The van der Waals surface area contributed by atoms with Gasteiger partial charge in [-0.1, -0.05) is 0 Å². The van der Waals surface area contributed by atoms with Gasteiger partial charge < -0.3 is 14.7 Å². The maximum absolute atomic E-state index is 12.4. The lowest BCUT2D eigenvalue weighted by Crippen LogP contribution is -2.49. The van der Waals surface area contributed by atoms with Gasteiger partial charge in [-0.2, -0.15) is 0 Å². The lowest BCUT2D eigenvalue weighted by atomic mass is 9.78. The number of piperidine rings is 1. The van der Waals surface area contributed by atoms with E-state index in [1.54, 1.807) is 0 Å². The monoisotopic (exact) mass is 265 g/mol. The van der Waals surface area contributed by atoms with E-state index in [9.17, 15) is 9.59 Å². The summed E-state index contributed by atoms with van der Waals surface area (Å²) in [7, 11) is 1.88. The zero-order valence-corrected chi connectivity index (χ0v) is 11.7. The van der Waals surface area contributed by atoms with Crippen LogP contribution in [0, 0.1) is 5.41 Å². The second-order valence-electron chi connectivity index (χ2n) is 6.26. The van der Waals surface area contributed by atoms with Crippen molar-refractivity contribution in [2.45, 2.75) is 32.1 Å². The predicted octanol–water partition coefficient (Wildman–Crippen LogP) is 1.15. The number of likely N-dealkylation sites (tertiary alicyclic amines) is 3. The molecule has 0 radical (unpaired) electrons. The van der Waals surface area contributed by atoms with Crippen molar-refractivity contribution in [3.05, 3.63) is 0 Å². The van der Waals surface area contributed by atoms with E-state index in [4.69, 9.17) is 0 Å². The van der Waals surface area contributed by atoms with Crippen LogP contribution in [-0.2, 0) is 4.79 Å². The molecule has 0 aromatic carbocycles. The molecule has 3 saturated heterocycles. The quantitative estimate of drug-likeness (QED) is 0.659. The zero-order valence-electron chi connectivity index (χ0n) is 11.7. The summed E-state index contributed by atoms with van der Waals surface area (Å²) in [5.74, 6) is 0.246. The van der Waals surface area contributed by atoms with Crippen LogP contribution in [0.25, 0.3) is 0 Å². The van der Waals surface area contributed by atoms with E-state index in [2.05, 4.69) is 0 Å². The molecule has 3 rings (SSSR count). The first-order valence-corrected chi connectivity index (χ1v) is 7.42. The van der Waals surface area contributed by atoms with Gasteiger partial charge in [0.05, 0.1) is 5.41 Å². The first-order valence-electron chi connectivity index (χ1n) is 7.42. The van der Waals surface area contributed by atoms with E-state index < -0.39 is 0 Å². The Hall–Kier alpha value is -1.26. The second kappa shape index (κ2) is 4.69. The molecular formula is C14H23N3O2. The Kier molecular flexibility index (Phi) is 3.15. The van der Waals surface area contributed by atoms with E-state index in [1.807, 2.05) is 21.7 Å². The molecule has 19 heavy (non-hydrogen) atoms. The Morgan fingerprint density at radius 1 is 1.00 bits per heavy atom. The number of hydrogen-bond donors (Lipinski definition) is 0. The molecule has 1 unspecified atom stereocenters. The number of hydrogen-bond acceptors (Lipinski definition) is 2. The van der Waals surface area contributed by atoms with Crippen molar-refractivity contribution in [2.24, 2.45) is 5.41 Å². The van der Waals surface area contributed by atoms with Crippen molar-refractivity contribution in [3.8, 4) is 0 Å². The van der Waals surface area contributed by atoms with Crippen LogP contribution in [0.15, 0.2) is 0 Å². The summed E-state index contributed by atoms with van der Waals surface area (Å²) in [5, 5.41) is 0. The highest BCUT2D eigenvalue weighted by molar-refractivity contribution is 5.85. The van der Waals surface area contributed by atoms with E-state index >= 15 is 0 Å². The summed E-state index contributed by atoms with van der Waals surface area (Å²) >= 11 is 0. The number of carbonyl (C=O) groups is 2. The van der Waals surface area contributed by atoms with Crippen LogP contribution in [0.3, 0.4) is 0 Å². The highest BCUT2D eigenvalue weighted by Crippen LogP contribution is 2.40. The standard InChI is InChI=1S/C14H23N3O2/c1-15-7-4-5-14(12(15)18)6-10-17(11-14)13(19)16-8-2-3-9-16/h2-11H2,1H3. The number of nitrogens with zero attached hydrogens (tertiary/aromatic N) is 3. The molecule has 1 spiro atoms. The van der Waals surface area contributed by atoms with Crippen molar-refractivity contribution < 1.29 is 9.59 Å². The molecule has 106 valence electrons. The Morgan fingerprint density at radius 2 is 1.74 bits per heavy atom. The fourth-order valence-corrected chi connectivity index (χ4v) is 3.79. The molecule has 1 atom stereocenters. The van der Waals surface area contributed by atoms with E-state index in [0.29, 0.717) is 6.54 Å². The van der Waals surface area contributed by atoms with Gasteiger partial charge in [0, 0.05) is 39.8 Å². The van der Waals surface area contributed by atoms with Crippen LogP contribution < -0.4 is 0 Å². The summed E-state index contributed by atoms with van der Waals surface area (Å²) in [6.45, 7) is 4.01. The number of carbonyl (C=O) groups excluding carboxylic acids is 2. The first-order chi connectivity index (χ1) is 9.12. The molecular weight excluding hydrogens is 242 g/mol. The van der Waals surface area contributed by atoms with Gasteiger partial charge in [0.15, 0.2) is 0 Å². The Bertz CT molecular complexity index is 392. The summed E-state index contributed by atoms with van der Waals surface area (Å²) in [5.41, 5.74) is -0.275. The predicted molar refractivity (Wildman–Crippen MR) is 71.7 cm³/mol. The minimum Gasteiger partial charge on any atom is -0.345 e. The van der Waals surface area contributed by atoms with Gasteiger partial charge in [-0.3, -0.25) is 4.79 Å². The van der Waals surface area contributed by atoms with Crippen molar-refractivity contribution >= 4 is 11.9 Å². The molecule has 0 saturated carbocycles. The van der Waals surface area contributed by atoms with E-state index in [-0.39, 0.29) is 17.4 Å². The summed E-state index contributed by atoms with van der Waals surface area (Å²) < 4.78 is 0. The fraction of sp³-hybridized carbons (Fsp3) is 0.857. The van der Waals surface area contributed by atoms with Crippen LogP contribution >= 0.6 is 0 Å². The lowest BCUT2D eigenvalue weighted by molar-refractivity contribution is -0.143. The zero-order chi connectivity index (χ0) is 13.5. The van der Waals surface area contributed by atoms with E-state index in [1.165, 1.54) is 0 Å². The summed E-state index contributed by atoms with van der Waals surface area (Å²) in [6.07, 6.45) is 5.09. The van der Waals surface area contributed by atoms with Gasteiger partial charge in [-0.15, -0.1) is 0 Å². The molecule has 0 aromatic heterocycles. The molecule has 0 aromatic rings. The van der Waals surface area contributed by atoms with Crippen LogP contribution in [0.2, 0.25) is 0 Å². The van der Waals surface area contributed by atoms with Crippen molar-refractivity contribution in [1.82, 2.24) is 14.7 Å². The fourth-order valence-electron chi connectivity index (χ4n) is 3.79. The molecule has 0 N–H and O–H groups in total. The van der Waals surface area contributed by atoms with Gasteiger partial charge in [0.1, 0.15) is 0 Å². The first kappa shape index (κ1) is 12.8. The Morgan fingerprint density at radius 3 is 2.47 bits per heavy atom. The highest BCUT2D eigenvalue weighted by atomic mass is 16.2. The van der Waals surface area contributed by atoms with E-state index in [0.717, 1.165) is 58.3 Å². The maximum atomic E-state index is 12.4. The molecule has 5 heteroatoms. The minimum absolute atomic E-state index is 0.149. The molecule has 3 aliphatic heterocycles. The molecule has 3 heterocycles. The van der Waals surface area contributed by atoms with Crippen LogP contribution in [0.1, 0.15) is 32.1 Å². The van der Waals surface area contributed by atoms with Gasteiger partial charge in [-0.25, -0.2) is 4.79 Å². The number of amides is 3. The molecule has 3 fully saturated rings. The smallest absolute Gasteiger partial charge is 0.320 e. The van der Waals surface area contributed by atoms with Gasteiger partial charge in [0.2, 0.25) is 5.91 Å². The lowest BCUT2D eigenvalue weighted by Gasteiger charge is -2.37. The van der Waals surface area contributed by atoms with Crippen LogP contribution in [-0.4, -0.2) is 66.4 Å². The van der Waals surface area contributed by atoms with Crippen LogP contribution in [0.5, 0.6) is 0 Å². The van der Waals surface area contributed by atoms with Gasteiger partial charge in [-0.05, 0) is 32.1 Å². The Balaban J connectivity index is 1.69. The summed E-state index contributed by atoms with van der Waals surface area (Å²) in [6, 6.07) is 0.149. The molecule has 3 aliphatic rings. The summed E-state index contributed by atoms with van der Waals surface area (Å²) in [4.78, 5) is 30.5. The third-order valence-corrected chi connectivity index (χ3v) is 4.95. The van der Waals surface area contributed by atoms with Crippen molar-refractivity contribution in [3.63, 3.8) is 0 Å². The highest BCUT2D eigenvalue weighted by Gasteiger charge is 2.49. The second-order valence-corrected chi connectivity index (χ2v) is 6.26. The Labute approximate surface area is 114 Å². The van der Waals surface area contributed by atoms with Gasteiger partial charge in [0.25, 0.3) is 0 Å². The van der Waals surface area contributed by atoms with Crippen LogP contribution in [0.4, 0.5) is 4.79 Å². The molecule has 0 aliphatic carbocycles. The average Bonchev–Trinajstić information content (AvgIpc) is 3.06. The third kappa shape index (κ3) is 2.09. The van der Waals surface area contributed by atoms with Crippen molar-refractivity contribution in [1.29, 1.82) is 0 Å². The minimum atomic E-state index is -0.275. The normalized spacial score (nSPS) is 31.6. The largest absolute Gasteiger partial charge is 0.345 e. The third-order valence-electron chi connectivity index (χ3n) is 4.95. The topological polar surface area (TPSA) is 43.9 Å². The maximum Gasteiger partial charge on any atom is 0.320 e. The number of rotatable bonds is 0. The molecule has 3 amide bonds.